The lowest BCUT2D eigenvalue weighted by Gasteiger charge is -2.38. The maximum atomic E-state index is 11.8. The molecule has 0 radical (unpaired) electrons. The Bertz CT molecular complexity index is 397. The van der Waals surface area contributed by atoms with Crippen LogP contribution in [0.4, 0.5) is 16.2 Å². The van der Waals surface area contributed by atoms with E-state index >= 15 is 0 Å². The summed E-state index contributed by atoms with van der Waals surface area (Å²) in [5.41, 5.74) is 7.31. The number of amides is 2. The van der Waals surface area contributed by atoms with Crippen LogP contribution in [0.5, 0.6) is 0 Å². The molecule has 2 rings (SSSR count). The van der Waals surface area contributed by atoms with Crippen LogP contribution in [-0.2, 0) is 0 Å². The van der Waals surface area contributed by atoms with E-state index in [0.717, 1.165) is 18.8 Å². The summed E-state index contributed by atoms with van der Waals surface area (Å²) in [6.07, 6.45) is 0. The van der Waals surface area contributed by atoms with Crippen LogP contribution in [0.15, 0.2) is 24.3 Å². The number of nitrogens with zero attached hydrogens (tertiary/aromatic N) is 1. The number of carbonyl (C=O) groups is 1. The number of carbonyl (C=O) groups excluding carboxylic acids is 1. The van der Waals surface area contributed by atoms with Crippen LogP contribution in [-0.4, -0.2) is 19.1 Å². The lowest BCUT2D eigenvalue weighted by atomic mass is 9.91. The zero-order chi connectivity index (χ0) is 11.8. The molecule has 0 unspecified atom stereocenters. The number of benzene rings is 1. The smallest absolute Gasteiger partial charge is 0.321 e. The molecule has 1 fully saturated rings. The quantitative estimate of drug-likeness (QED) is 0.708. The van der Waals surface area contributed by atoms with Gasteiger partial charge >= 0.3 is 6.03 Å². The highest BCUT2D eigenvalue weighted by atomic mass is 16.2. The van der Waals surface area contributed by atoms with Gasteiger partial charge in [-0.3, -0.25) is 4.90 Å². The molecule has 1 aromatic rings. The SMILES string of the molecule is CC1(C)CNC(=O)N(c2ccc(N)cc2)C1. The van der Waals surface area contributed by atoms with Crippen LogP contribution in [0.25, 0.3) is 0 Å². The topological polar surface area (TPSA) is 58.4 Å². The van der Waals surface area contributed by atoms with Gasteiger partial charge in [-0.1, -0.05) is 13.8 Å². The van der Waals surface area contributed by atoms with Crippen LogP contribution in [0.2, 0.25) is 0 Å². The Labute approximate surface area is 95.4 Å². The molecule has 0 spiro atoms. The van der Waals surface area contributed by atoms with E-state index in [1.54, 1.807) is 4.90 Å². The van der Waals surface area contributed by atoms with Crippen LogP contribution in [0, 0.1) is 5.41 Å². The molecule has 1 aliphatic rings. The molecule has 1 aliphatic heterocycles. The van der Waals surface area contributed by atoms with Gasteiger partial charge in [-0.2, -0.15) is 0 Å². The molecular weight excluding hydrogens is 202 g/mol. The Balaban J connectivity index is 2.25. The predicted octanol–water partition coefficient (Wildman–Crippen LogP) is 1.82. The van der Waals surface area contributed by atoms with E-state index in [2.05, 4.69) is 19.2 Å². The summed E-state index contributed by atoms with van der Waals surface area (Å²) in [5.74, 6) is 0. The van der Waals surface area contributed by atoms with Gasteiger partial charge in [0.05, 0.1) is 0 Å². The fourth-order valence-corrected chi connectivity index (χ4v) is 1.83. The fraction of sp³-hybridized carbons (Fsp3) is 0.417. The van der Waals surface area contributed by atoms with Crippen molar-refractivity contribution in [3.63, 3.8) is 0 Å². The monoisotopic (exact) mass is 219 g/mol. The second-order valence-corrected chi connectivity index (χ2v) is 5.00. The van der Waals surface area contributed by atoms with E-state index in [0.29, 0.717) is 5.69 Å². The first kappa shape index (κ1) is 10.8. The van der Waals surface area contributed by atoms with Crippen LogP contribution >= 0.6 is 0 Å². The molecule has 4 nitrogen and oxygen atoms in total. The van der Waals surface area contributed by atoms with E-state index < -0.39 is 0 Å². The van der Waals surface area contributed by atoms with Gasteiger partial charge in [0.1, 0.15) is 0 Å². The molecule has 4 heteroatoms. The Hall–Kier alpha value is -1.71. The molecule has 0 aliphatic carbocycles. The van der Waals surface area contributed by atoms with Gasteiger partial charge in [-0.05, 0) is 24.3 Å². The Morgan fingerprint density at radius 3 is 2.56 bits per heavy atom. The summed E-state index contributed by atoms with van der Waals surface area (Å²) in [4.78, 5) is 13.5. The second-order valence-electron chi connectivity index (χ2n) is 5.00. The number of anilines is 2. The fourth-order valence-electron chi connectivity index (χ4n) is 1.83. The van der Waals surface area contributed by atoms with Gasteiger partial charge in [0.25, 0.3) is 0 Å². The minimum absolute atomic E-state index is 0.0379. The number of rotatable bonds is 1. The number of nitrogen functional groups attached to an aromatic ring is 1. The Morgan fingerprint density at radius 1 is 1.31 bits per heavy atom. The average molecular weight is 219 g/mol. The van der Waals surface area contributed by atoms with Gasteiger partial charge in [-0.15, -0.1) is 0 Å². The summed E-state index contributed by atoms with van der Waals surface area (Å²) in [6.45, 7) is 5.72. The van der Waals surface area contributed by atoms with E-state index in [1.165, 1.54) is 0 Å². The third-order valence-electron chi connectivity index (χ3n) is 2.75. The van der Waals surface area contributed by atoms with Gasteiger partial charge in [0.2, 0.25) is 0 Å². The Morgan fingerprint density at radius 2 is 1.94 bits per heavy atom. The lowest BCUT2D eigenvalue weighted by Crippen LogP contribution is -2.55. The molecule has 2 amide bonds. The minimum Gasteiger partial charge on any atom is -0.399 e. The third kappa shape index (κ3) is 2.10. The van der Waals surface area contributed by atoms with E-state index in [9.17, 15) is 4.79 Å². The standard InChI is InChI=1S/C12H17N3O/c1-12(2)7-14-11(16)15(8-12)10-5-3-9(13)4-6-10/h3-6H,7-8,13H2,1-2H3,(H,14,16). The highest BCUT2D eigenvalue weighted by Gasteiger charge is 2.31. The zero-order valence-corrected chi connectivity index (χ0v) is 9.66. The maximum Gasteiger partial charge on any atom is 0.321 e. The first-order valence-corrected chi connectivity index (χ1v) is 5.39. The zero-order valence-electron chi connectivity index (χ0n) is 9.66. The lowest BCUT2D eigenvalue weighted by molar-refractivity contribution is 0.224. The van der Waals surface area contributed by atoms with Gasteiger partial charge < -0.3 is 11.1 Å². The van der Waals surface area contributed by atoms with Crippen molar-refractivity contribution in [2.45, 2.75) is 13.8 Å². The molecule has 1 heterocycles. The van der Waals surface area contributed by atoms with Crippen molar-refractivity contribution in [2.24, 2.45) is 5.41 Å². The molecule has 0 bridgehead atoms. The van der Waals surface area contributed by atoms with Crippen LogP contribution in [0.1, 0.15) is 13.8 Å². The number of hydrogen-bond donors (Lipinski definition) is 2. The summed E-state index contributed by atoms with van der Waals surface area (Å²) in [5, 5.41) is 2.89. The van der Waals surface area contributed by atoms with Crippen molar-refractivity contribution in [2.75, 3.05) is 23.7 Å². The molecule has 1 saturated heterocycles. The summed E-state index contributed by atoms with van der Waals surface area (Å²) < 4.78 is 0. The van der Waals surface area contributed by atoms with Crippen LogP contribution in [0.3, 0.4) is 0 Å². The number of nitrogens with one attached hydrogen (secondary N) is 1. The van der Waals surface area contributed by atoms with E-state index in [-0.39, 0.29) is 11.4 Å². The van der Waals surface area contributed by atoms with Crippen molar-refractivity contribution in [3.05, 3.63) is 24.3 Å². The number of hydrogen-bond acceptors (Lipinski definition) is 2. The third-order valence-corrected chi connectivity index (χ3v) is 2.75. The van der Waals surface area contributed by atoms with Gasteiger partial charge in [0.15, 0.2) is 0 Å². The summed E-state index contributed by atoms with van der Waals surface area (Å²) in [6, 6.07) is 7.32. The normalized spacial score (nSPS) is 19.4. The predicted molar refractivity (Wildman–Crippen MR) is 65.4 cm³/mol. The molecular formula is C12H17N3O. The van der Waals surface area contributed by atoms with Crippen molar-refractivity contribution in [3.8, 4) is 0 Å². The highest BCUT2D eigenvalue weighted by molar-refractivity contribution is 5.93. The van der Waals surface area contributed by atoms with E-state index in [1.807, 2.05) is 24.3 Å². The molecule has 86 valence electrons. The van der Waals surface area contributed by atoms with Gasteiger partial charge in [0, 0.05) is 29.9 Å². The van der Waals surface area contributed by atoms with Crippen LogP contribution < -0.4 is 16.0 Å². The first-order valence-electron chi connectivity index (χ1n) is 5.39. The maximum absolute atomic E-state index is 11.8. The van der Waals surface area contributed by atoms with Gasteiger partial charge in [-0.25, -0.2) is 4.79 Å². The van der Waals surface area contributed by atoms with Crippen molar-refractivity contribution >= 4 is 17.4 Å². The number of nitrogens with two attached hydrogens (primary N) is 1. The summed E-state index contributed by atoms with van der Waals surface area (Å²) >= 11 is 0. The van der Waals surface area contributed by atoms with Crippen molar-refractivity contribution < 1.29 is 4.79 Å². The van der Waals surface area contributed by atoms with Crippen molar-refractivity contribution in [1.29, 1.82) is 0 Å². The largest absolute Gasteiger partial charge is 0.399 e. The molecule has 0 saturated carbocycles. The molecule has 3 N–H and O–H groups in total. The average Bonchev–Trinajstić information content (AvgIpc) is 2.23. The number of urea groups is 1. The molecule has 1 aromatic carbocycles. The second kappa shape index (κ2) is 3.70. The first-order chi connectivity index (χ1) is 7.48. The minimum atomic E-state index is -0.0379. The van der Waals surface area contributed by atoms with Crippen molar-refractivity contribution in [1.82, 2.24) is 5.32 Å². The molecule has 16 heavy (non-hydrogen) atoms. The Kier molecular flexibility index (Phi) is 2.50. The molecule has 0 aromatic heterocycles. The summed E-state index contributed by atoms with van der Waals surface area (Å²) in [7, 11) is 0. The molecule has 0 atom stereocenters. The van der Waals surface area contributed by atoms with E-state index in [4.69, 9.17) is 5.73 Å². The highest BCUT2D eigenvalue weighted by Crippen LogP contribution is 2.25.